The molecule has 1 aromatic carbocycles. The first kappa shape index (κ1) is 10.1. The first-order valence-electron chi connectivity index (χ1n) is 5.38. The van der Waals surface area contributed by atoms with E-state index >= 15 is 0 Å². The van der Waals surface area contributed by atoms with Gasteiger partial charge in [-0.1, -0.05) is 0 Å². The summed E-state index contributed by atoms with van der Waals surface area (Å²) in [5, 5.41) is 7.00. The molecule has 2 aromatic rings. The molecule has 0 bridgehead atoms. The Morgan fingerprint density at radius 3 is 3.06 bits per heavy atom. The summed E-state index contributed by atoms with van der Waals surface area (Å²) in [5.74, 6) is 2.92. The SMILES string of the molecule is NCCc1nc(-c2ccc3c(c2)OCO3)n[nH]1. The van der Waals surface area contributed by atoms with Gasteiger partial charge in [0, 0.05) is 12.0 Å². The fourth-order valence-corrected chi connectivity index (χ4v) is 1.71. The quantitative estimate of drug-likeness (QED) is 0.813. The highest BCUT2D eigenvalue weighted by molar-refractivity contribution is 5.61. The Hall–Kier alpha value is -2.08. The van der Waals surface area contributed by atoms with E-state index in [1.807, 2.05) is 18.2 Å². The monoisotopic (exact) mass is 232 g/mol. The fraction of sp³-hybridized carbons (Fsp3) is 0.273. The van der Waals surface area contributed by atoms with Crippen molar-refractivity contribution in [3.8, 4) is 22.9 Å². The second-order valence-corrected chi connectivity index (χ2v) is 3.71. The highest BCUT2D eigenvalue weighted by Gasteiger charge is 2.15. The molecule has 0 saturated heterocycles. The van der Waals surface area contributed by atoms with E-state index in [1.165, 1.54) is 0 Å². The van der Waals surface area contributed by atoms with E-state index in [1.54, 1.807) is 0 Å². The molecule has 1 aromatic heterocycles. The lowest BCUT2D eigenvalue weighted by atomic mass is 10.2. The van der Waals surface area contributed by atoms with E-state index in [-0.39, 0.29) is 6.79 Å². The van der Waals surface area contributed by atoms with Crippen molar-refractivity contribution in [2.75, 3.05) is 13.3 Å². The van der Waals surface area contributed by atoms with Crippen molar-refractivity contribution in [1.82, 2.24) is 15.2 Å². The largest absolute Gasteiger partial charge is 0.454 e. The summed E-state index contributed by atoms with van der Waals surface area (Å²) in [6, 6.07) is 5.64. The number of nitrogens with two attached hydrogens (primary N) is 1. The molecular weight excluding hydrogens is 220 g/mol. The molecule has 1 aliphatic rings. The van der Waals surface area contributed by atoms with Crippen molar-refractivity contribution in [3.63, 3.8) is 0 Å². The minimum Gasteiger partial charge on any atom is -0.454 e. The van der Waals surface area contributed by atoms with Gasteiger partial charge in [0.1, 0.15) is 5.82 Å². The summed E-state index contributed by atoms with van der Waals surface area (Å²) >= 11 is 0. The normalized spacial score (nSPS) is 13.0. The van der Waals surface area contributed by atoms with Gasteiger partial charge in [0.25, 0.3) is 0 Å². The zero-order valence-electron chi connectivity index (χ0n) is 9.14. The van der Waals surface area contributed by atoms with Gasteiger partial charge in [-0.15, -0.1) is 0 Å². The van der Waals surface area contributed by atoms with Gasteiger partial charge in [-0.2, -0.15) is 5.10 Å². The number of nitrogens with one attached hydrogen (secondary N) is 1. The van der Waals surface area contributed by atoms with Crippen molar-refractivity contribution in [3.05, 3.63) is 24.0 Å². The number of H-pyrrole nitrogens is 1. The van der Waals surface area contributed by atoms with Crippen LogP contribution in [0.3, 0.4) is 0 Å². The number of hydrogen-bond donors (Lipinski definition) is 2. The smallest absolute Gasteiger partial charge is 0.231 e. The first-order chi connectivity index (χ1) is 8.36. The van der Waals surface area contributed by atoms with Crippen LogP contribution in [0.4, 0.5) is 0 Å². The molecule has 1 aliphatic heterocycles. The van der Waals surface area contributed by atoms with Gasteiger partial charge in [-0.25, -0.2) is 4.98 Å². The summed E-state index contributed by atoms with van der Waals surface area (Å²) in [6.07, 6.45) is 0.692. The van der Waals surface area contributed by atoms with Crippen LogP contribution in [0.25, 0.3) is 11.4 Å². The number of nitrogens with zero attached hydrogens (tertiary/aromatic N) is 2. The average molecular weight is 232 g/mol. The highest BCUT2D eigenvalue weighted by atomic mass is 16.7. The van der Waals surface area contributed by atoms with Crippen LogP contribution in [-0.2, 0) is 6.42 Å². The summed E-state index contributed by atoms with van der Waals surface area (Å²) in [7, 11) is 0. The third-order valence-corrected chi connectivity index (χ3v) is 2.54. The van der Waals surface area contributed by atoms with Crippen LogP contribution in [0.2, 0.25) is 0 Å². The molecule has 0 fully saturated rings. The van der Waals surface area contributed by atoms with Crippen LogP contribution >= 0.6 is 0 Å². The zero-order valence-corrected chi connectivity index (χ0v) is 9.14. The highest BCUT2D eigenvalue weighted by Crippen LogP contribution is 2.34. The Morgan fingerprint density at radius 1 is 1.29 bits per heavy atom. The molecule has 0 radical (unpaired) electrons. The third kappa shape index (κ3) is 1.83. The summed E-state index contributed by atoms with van der Waals surface area (Å²) in [5.41, 5.74) is 6.35. The molecule has 0 unspecified atom stereocenters. The van der Waals surface area contributed by atoms with Gasteiger partial charge in [-0.05, 0) is 24.7 Å². The molecule has 0 amide bonds. The molecule has 3 rings (SSSR count). The van der Waals surface area contributed by atoms with Gasteiger partial charge in [0.15, 0.2) is 17.3 Å². The molecule has 0 aliphatic carbocycles. The first-order valence-corrected chi connectivity index (χ1v) is 5.38. The average Bonchev–Trinajstić information content (AvgIpc) is 2.96. The van der Waals surface area contributed by atoms with Gasteiger partial charge in [0.05, 0.1) is 0 Å². The maximum absolute atomic E-state index is 5.46. The van der Waals surface area contributed by atoms with Crippen LogP contribution in [-0.4, -0.2) is 28.5 Å². The number of hydrogen-bond acceptors (Lipinski definition) is 5. The number of ether oxygens (including phenoxy) is 2. The van der Waals surface area contributed by atoms with Crippen molar-refractivity contribution < 1.29 is 9.47 Å². The molecule has 88 valence electrons. The van der Waals surface area contributed by atoms with Crippen LogP contribution in [0.5, 0.6) is 11.5 Å². The molecule has 6 heteroatoms. The Morgan fingerprint density at radius 2 is 2.18 bits per heavy atom. The second-order valence-electron chi connectivity index (χ2n) is 3.71. The molecular formula is C11H12N4O2. The van der Waals surface area contributed by atoms with Crippen LogP contribution in [0, 0.1) is 0 Å². The molecule has 0 atom stereocenters. The van der Waals surface area contributed by atoms with Crippen molar-refractivity contribution in [1.29, 1.82) is 0 Å². The van der Waals surface area contributed by atoms with E-state index in [0.29, 0.717) is 18.8 Å². The third-order valence-electron chi connectivity index (χ3n) is 2.54. The number of aromatic nitrogens is 3. The minimum atomic E-state index is 0.269. The fourth-order valence-electron chi connectivity index (χ4n) is 1.71. The molecule has 2 heterocycles. The molecule has 17 heavy (non-hydrogen) atoms. The van der Waals surface area contributed by atoms with E-state index < -0.39 is 0 Å². The van der Waals surface area contributed by atoms with E-state index in [9.17, 15) is 0 Å². The molecule has 0 spiro atoms. The topological polar surface area (TPSA) is 86.1 Å². The molecule has 6 nitrogen and oxygen atoms in total. The minimum absolute atomic E-state index is 0.269. The molecule has 3 N–H and O–H groups in total. The number of aromatic amines is 1. The number of benzene rings is 1. The molecule has 0 saturated carbocycles. The lowest BCUT2D eigenvalue weighted by molar-refractivity contribution is 0.174. The van der Waals surface area contributed by atoms with Gasteiger partial charge < -0.3 is 15.2 Å². The van der Waals surface area contributed by atoms with E-state index in [2.05, 4.69) is 15.2 Å². The van der Waals surface area contributed by atoms with Crippen molar-refractivity contribution in [2.24, 2.45) is 5.73 Å². The second kappa shape index (κ2) is 4.06. The number of fused-ring (bicyclic) bond motifs is 1. The standard InChI is InChI=1S/C11H12N4O2/c12-4-3-10-13-11(15-14-10)7-1-2-8-9(5-7)17-6-16-8/h1-2,5H,3-4,6,12H2,(H,13,14,15). The van der Waals surface area contributed by atoms with Crippen LogP contribution in [0.15, 0.2) is 18.2 Å². The zero-order chi connectivity index (χ0) is 11.7. The Labute approximate surface area is 97.8 Å². The van der Waals surface area contributed by atoms with Crippen molar-refractivity contribution >= 4 is 0 Å². The summed E-state index contributed by atoms with van der Waals surface area (Å²) < 4.78 is 10.6. The van der Waals surface area contributed by atoms with E-state index in [4.69, 9.17) is 15.2 Å². The van der Waals surface area contributed by atoms with E-state index in [0.717, 1.165) is 22.9 Å². The van der Waals surface area contributed by atoms with Gasteiger partial charge >= 0.3 is 0 Å². The van der Waals surface area contributed by atoms with Crippen molar-refractivity contribution in [2.45, 2.75) is 6.42 Å². The van der Waals surface area contributed by atoms with Crippen LogP contribution in [0.1, 0.15) is 5.82 Å². The summed E-state index contributed by atoms with van der Waals surface area (Å²) in [6.45, 7) is 0.820. The maximum Gasteiger partial charge on any atom is 0.231 e. The Kier molecular flexibility index (Phi) is 2.41. The Balaban J connectivity index is 1.92. The lowest BCUT2D eigenvalue weighted by Crippen LogP contribution is -2.03. The maximum atomic E-state index is 5.46. The summed E-state index contributed by atoms with van der Waals surface area (Å²) in [4.78, 5) is 4.35. The lowest BCUT2D eigenvalue weighted by Gasteiger charge is -1.98. The predicted octanol–water partition coefficient (Wildman–Crippen LogP) is 0.702. The van der Waals surface area contributed by atoms with Gasteiger partial charge in [0.2, 0.25) is 6.79 Å². The van der Waals surface area contributed by atoms with Gasteiger partial charge in [-0.3, -0.25) is 5.10 Å². The number of rotatable bonds is 3. The Bertz CT molecular complexity index is 538. The predicted molar refractivity (Wildman–Crippen MR) is 60.7 cm³/mol. The van der Waals surface area contributed by atoms with Crippen LogP contribution < -0.4 is 15.2 Å².